The number of benzene rings is 2. The van der Waals surface area contributed by atoms with E-state index in [1.54, 1.807) is 24.3 Å². The zero-order chi connectivity index (χ0) is 20.6. The normalized spacial score (nSPS) is 12.0. The molecular formula is C21H23ClN4O2S. The molecule has 3 aromatic rings. The highest BCUT2D eigenvalue weighted by Gasteiger charge is 2.18. The number of H-pyrrole nitrogens is 1. The van der Waals surface area contributed by atoms with Gasteiger partial charge < -0.3 is 10.1 Å². The molecule has 0 bridgehead atoms. The molecule has 8 heteroatoms. The molecule has 1 amide bonds. The highest BCUT2D eigenvalue weighted by Crippen LogP contribution is 2.22. The molecule has 0 unspecified atom stereocenters. The summed E-state index contributed by atoms with van der Waals surface area (Å²) in [7, 11) is 0. The van der Waals surface area contributed by atoms with Gasteiger partial charge in [0.2, 0.25) is 11.1 Å². The summed E-state index contributed by atoms with van der Waals surface area (Å²) in [4.78, 5) is 16.8. The van der Waals surface area contributed by atoms with Gasteiger partial charge in [-0.3, -0.25) is 9.89 Å². The molecule has 1 heterocycles. The predicted molar refractivity (Wildman–Crippen MR) is 115 cm³/mol. The number of rotatable bonds is 9. The van der Waals surface area contributed by atoms with Gasteiger partial charge in [-0.25, -0.2) is 4.98 Å². The third-order valence-corrected chi connectivity index (χ3v) is 5.27. The van der Waals surface area contributed by atoms with Crippen LogP contribution in [-0.2, 0) is 11.4 Å². The maximum atomic E-state index is 12.4. The molecule has 152 valence electrons. The minimum atomic E-state index is -0.0543. The average Bonchev–Trinajstić information content (AvgIpc) is 3.18. The number of carbonyl (C=O) groups excluding carboxylic acids is 1. The Morgan fingerprint density at radius 3 is 2.59 bits per heavy atom. The van der Waals surface area contributed by atoms with E-state index in [0.717, 1.165) is 5.56 Å². The van der Waals surface area contributed by atoms with Crippen LogP contribution in [0.4, 0.5) is 0 Å². The predicted octanol–water partition coefficient (Wildman–Crippen LogP) is 4.64. The zero-order valence-corrected chi connectivity index (χ0v) is 17.8. The van der Waals surface area contributed by atoms with Crippen molar-refractivity contribution in [3.05, 3.63) is 71.0 Å². The molecule has 0 aliphatic carbocycles. The number of carbonyl (C=O) groups is 1. The van der Waals surface area contributed by atoms with Gasteiger partial charge >= 0.3 is 0 Å². The monoisotopic (exact) mass is 430 g/mol. The first-order valence-corrected chi connectivity index (χ1v) is 10.6. The van der Waals surface area contributed by atoms with E-state index < -0.39 is 0 Å². The van der Waals surface area contributed by atoms with Crippen LogP contribution in [0.1, 0.15) is 31.3 Å². The van der Waals surface area contributed by atoms with Crippen molar-refractivity contribution in [3.8, 4) is 5.75 Å². The van der Waals surface area contributed by atoms with Crippen molar-refractivity contribution in [3.63, 3.8) is 0 Å². The summed E-state index contributed by atoms with van der Waals surface area (Å²) in [5.41, 5.74) is 1.10. The van der Waals surface area contributed by atoms with E-state index in [4.69, 9.17) is 16.3 Å². The van der Waals surface area contributed by atoms with E-state index in [9.17, 15) is 4.79 Å². The van der Waals surface area contributed by atoms with E-state index in [2.05, 4.69) is 34.3 Å². The first kappa shape index (κ1) is 21.2. The second-order valence-corrected chi connectivity index (χ2v) is 8.17. The third-order valence-electron chi connectivity index (χ3n) is 4.17. The van der Waals surface area contributed by atoms with Crippen LogP contribution in [0.15, 0.2) is 59.8 Å². The molecule has 0 saturated heterocycles. The van der Waals surface area contributed by atoms with Crippen LogP contribution in [-0.4, -0.2) is 26.8 Å². The molecule has 2 aromatic carbocycles. The topological polar surface area (TPSA) is 79.9 Å². The number of aromatic nitrogens is 3. The number of hydrogen-bond acceptors (Lipinski definition) is 5. The van der Waals surface area contributed by atoms with Crippen molar-refractivity contribution in [2.45, 2.75) is 31.7 Å². The first-order chi connectivity index (χ1) is 14.0. The number of thioether (sulfide) groups is 1. The van der Waals surface area contributed by atoms with Gasteiger partial charge in [0.25, 0.3) is 0 Å². The summed E-state index contributed by atoms with van der Waals surface area (Å²) >= 11 is 7.14. The van der Waals surface area contributed by atoms with Gasteiger partial charge in [-0.05, 0) is 35.7 Å². The molecule has 2 N–H and O–H groups in total. The Labute approximate surface area is 179 Å². The van der Waals surface area contributed by atoms with Crippen LogP contribution in [0.3, 0.4) is 0 Å². The maximum Gasteiger partial charge on any atom is 0.230 e. The molecule has 0 saturated carbocycles. The number of nitrogens with one attached hydrogen (secondary N) is 2. The standard InChI is InChI=1S/C21H23ClN4O2S/c1-14(2)20(15-6-4-3-5-7-15)24-19(27)13-29-21-23-18(25-26-21)12-28-17-10-8-16(22)9-11-17/h3-11,14,20H,12-13H2,1-2H3,(H,24,27)(H,23,25,26)/t20-/m1/s1. The van der Waals surface area contributed by atoms with Crippen molar-refractivity contribution in [1.29, 1.82) is 0 Å². The number of halogens is 1. The molecule has 0 aliphatic heterocycles. The van der Waals surface area contributed by atoms with E-state index in [1.165, 1.54) is 11.8 Å². The van der Waals surface area contributed by atoms with Crippen LogP contribution in [0.25, 0.3) is 0 Å². The molecule has 0 spiro atoms. The van der Waals surface area contributed by atoms with E-state index in [-0.39, 0.29) is 30.2 Å². The largest absolute Gasteiger partial charge is 0.486 e. The van der Waals surface area contributed by atoms with E-state index >= 15 is 0 Å². The maximum absolute atomic E-state index is 12.4. The molecule has 1 atom stereocenters. The Morgan fingerprint density at radius 1 is 1.17 bits per heavy atom. The summed E-state index contributed by atoms with van der Waals surface area (Å²) in [6, 6.07) is 17.1. The summed E-state index contributed by atoms with van der Waals surface area (Å²) in [6.45, 7) is 4.44. The highest BCUT2D eigenvalue weighted by molar-refractivity contribution is 7.99. The molecule has 0 radical (unpaired) electrons. The number of nitrogens with zero attached hydrogens (tertiary/aromatic N) is 2. The van der Waals surface area contributed by atoms with Gasteiger partial charge in [0.1, 0.15) is 12.4 Å². The lowest BCUT2D eigenvalue weighted by Crippen LogP contribution is -2.32. The summed E-state index contributed by atoms with van der Waals surface area (Å²) in [6.07, 6.45) is 0. The summed E-state index contributed by atoms with van der Waals surface area (Å²) in [5, 5.41) is 11.2. The number of aromatic amines is 1. The number of hydrogen-bond donors (Lipinski definition) is 2. The Balaban J connectivity index is 1.48. The van der Waals surface area contributed by atoms with Gasteiger partial charge in [0, 0.05) is 5.02 Å². The lowest BCUT2D eigenvalue weighted by atomic mass is 9.96. The van der Waals surface area contributed by atoms with E-state index in [1.807, 2.05) is 30.3 Å². The van der Waals surface area contributed by atoms with Crippen molar-refractivity contribution < 1.29 is 9.53 Å². The summed E-state index contributed by atoms with van der Waals surface area (Å²) < 4.78 is 5.63. The molecule has 0 aliphatic rings. The van der Waals surface area contributed by atoms with Crippen molar-refractivity contribution >= 4 is 29.3 Å². The molecule has 0 fully saturated rings. The Hall–Kier alpha value is -2.51. The Bertz CT molecular complexity index is 916. The average molecular weight is 431 g/mol. The smallest absolute Gasteiger partial charge is 0.230 e. The lowest BCUT2D eigenvalue weighted by molar-refractivity contribution is -0.119. The fraction of sp³-hybridized carbons (Fsp3) is 0.286. The first-order valence-electron chi connectivity index (χ1n) is 9.28. The highest BCUT2D eigenvalue weighted by atomic mass is 35.5. The molecule has 29 heavy (non-hydrogen) atoms. The molecule has 3 rings (SSSR count). The number of amides is 1. The van der Waals surface area contributed by atoms with Crippen LogP contribution in [0, 0.1) is 5.92 Å². The fourth-order valence-corrected chi connectivity index (χ4v) is 3.48. The van der Waals surface area contributed by atoms with Crippen molar-refractivity contribution in [2.24, 2.45) is 5.92 Å². The fourth-order valence-electron chi connectivity index (χ4n) is 2.73. The Morgan fingerprint density at radius 2 is 1.90 bits per heavy atom. The molecular weight excluding hydrogens is 408 g/mol. The van der Waals surface area contributed by atoms with Gasteiger partial charge in [0.05, 0.1) is 11.8 Å². The van der Waals surface area contributed by atoms with E-state index in [0.29, 0.717) is 21.8 Å². The quantitative estimate of drug-likeness (QED) is 0.483. The van der Waals surface area contributed by atoms with Crippen molar-refractivity contribution in [2.75, 3.05) is 5.75 Å². The third kappa shape index (κ3) is 6.51. The van der Waals surface area contributed by atoms with Gasteiger partial charge in [-0.1, -0.05) is 67.5 Å². The van der Waals surface area contributed by atoms with Crippen LogP contribution >= 0.6 is 23.4 Å². The van der Waals surface area contributed by atoms with Gasteiger partial charge in [-0.2, -0.15) is 0 Å². The molecule has 1 aromatic heterocycles. The van der Waals surface area contributed by atoms with Crippen molar-refractivity contribution in [1.82, 2.24) is 20.5 Å². The van der Waals surface area contributed by atoms with Crippen LogP contribution in [0.2, 0.25) is 5.02 Å². The minimum absolute atomic E-state index is 0.0280. The van der Waals surface area contributed by atoms with Crippen LogP contribution in [0.5, 0.6) is 5.75 Å². The minimum Gasteiger partial charge on any atom is -0.486 e. The number of ether oxygens (including phenoxy) is 1. The summed E-state index contributed by atoms with van der Waals surface area (Å²) in [5.74, 6) is 1.76. The molecule has 6 nitrogen and oxygen atoms in total. The van der Waals surface area contributed by atoms with Gasteiger partial charge in [-0.15, -0.1) is 5.10 Å². The lowest BCUT2D eigenvalue weighted by Gasteiger charge is -2.22. The van der Waals surface area contributed by atoms with Crippen LogP contribution < -0.4 is 10.1 Å². The zero-order valence-electron chi connectivity index (χ0n) is 16.3. The van der Waals surface area contributed by atoms with Gasteiger partial charge in [0.15, 0.2) is 5.82 Å². The Kier molecular flexibility index (Phi) is 7.55. The second kappa shape index (κ2) is 10.3. The SMILES string of the molecule is CC(C)[C@@H](NC(=O)CSc1n[nH]c(COc2ccc(Cl)cc2)n1)c1ccccc1. The second-order valence-electron chi connectivity index (χ2n) is 6.80.